The number of nitrogens with zero attached hydrogens (tertiary/aromatic N) is 1. The molecule has 0 aliphatic carbocycles. The Morgan fingerprint density at radius 2 is 2.11 bits per heavy atom. The molecule has 1 aromatic carbocycles. The van der Waals surface area contributed by atoms with Gasteiger partial charge in [0.25, 0.3) is 5.91 Å². The lowest BCUT2D eigenvalue weighted by Crippen LogP contribution is -2.30. The van der Waals surface area contributed by atoms with Crippen molar-refractivity contribution in [3.63, 3.8) is 0 Å². The third-order valence-electron chi connectivity index (χ3n) is 3.38. The van der Waals surface area contributed by atoms with Gasteiger partial charge in [-0.2, -0.15) is 0 Å². The summed E-state index contributed by atoms with van der Waals surface area (Å²) in [6.45, 7) is 2.34. The van der Waals surface area contributed by atoms with Gasteiger partial charge in [0.05, 0.1) is 11.5 Å². The molecule has 2 atom stereocenters. The molecule has 1 aliphatic heterocycles. The molecule has 0 aromatic heterocycles. The van der Waals surface area contributed by atoms with Gasteiger partial charge < -0.3 is 10.0 Å². The van der Waals surface area contributed by atoms with E-state index >= 15 is 0 Å². The third kappa shape index (κ3) is 2.78. The average molecular weight is 330 g/mol. The fourth-order valence-electron chi connectivity index (χ4n) is 2.29. The van der Waals surface area contributed by atoms with Crippen molar-refractivity contribution in [2.75, 3.05) is 13.1 Å². The van der Waals surface area contributed by atoms with E-state index in [1.54, 1.807) is 6.92 Å². The van der Waals surface area contributed by atoms with E-state index < -0.39 is 17.7 Å². The first-order chi connectivity index (χ1) is 8.90. The lowest BCUT2D eigenvalue weighted by atomic mass is 9.99. The number of benzene rings is 1. The molecule has 1 amide bonds. The number of hydrogen-bond donors (Lipinski definition) is 1. The topological polar surface area (TPSA) is 57.6 Å². The molecule has 1 fully saturated rings. The highest BCUT2D eigenvalue weighted by atomic mass is 79.9. The molecular weight excluding hydrogens is 317 g/mol. The minimum absolute atomic E-state index is 0.103. The van der Waals surface area contributed by atoms with Crippen LogP contribution in [0.5, 0.6) is 0 Å². The number of aliphatic carboxylic acids is 1. The molecule has 0 bridgehead atoms. The van der Waals surface area contributed by atoms with Crippen LogP contribution >= 0.6 is 15.9 Å². The molecule has 0 radical (unpaired) electrons. The Morgan fingerprint density at radius 1 is 1.42 bits per heavy atom. The van der Waals surface area contributed by atoms with Gasteiger partial charge in [-0.25, -0.2) is 4.39 Å². The monoisotopic (exact) mass is 329 g/mol. The van der Waals surface area contributed by atoms with Crippen LogP contribution < -0.4 is 0 Å². The predicted octanol–water partition coefficient (Wildman–Crippen LogP) is 2.38. The van der Waals surface area contributed by atoms with Crippen LogP contribution in [0.25, 0.3) is 0 Å². The first kappa shape index (κ1) is 14.0. The van der Waals surface area contributed by atoms with E-state index in [4.69, 9.17) is 5.11 Å². The smallest absolute Gasteiger partial charge is 0.308 e. The molecular formula is C13H13BrFNO3. The van der Waals surface area contributed by atoms with Crippen LogP contribution in [0.1, 0.15) is 17.3 Å². The van der Waals surface area contributed by atoms with E-state index in [0.29, 0.717) is 11.0 Å². The van der Waals surface area contributed by atoms with Crippen molar-refractivity contribution in [1.82, 2.24) is 4.90 Å². The van der Waals surface area contributed by atoms with Gasteiger partial charge in [0, 0.05) is 17.6 Å². The third-order valence-corrected chi connectivity index (χ3v) is 4.07. The Bertz CT molecular complexity index is 535. The van der Waals surface area contributed by atoms with Gasteiger partial charge in [-0.15, -0.1) is 0 Å². The molecule has 0 unspecified atom stereocenters. The van der Waals surface area contributed by atoms with Crippen LogP contribution in [0.3, 0.4) is 0 Å². The summed E-state index contributed by atoms with van der Waals surface area (Å²) in [5.41, 5.74) is 0.221. The molecule has 1 heterocycles. The molecule has 6 heteroatoms. The maximum Gasteiger partial charge on any atom is 0.308 e. The van der Waals surface area contributed by atoms with Crippen LogP contribution in [-0.4, -0.2) is 35.0 Å². The number of carbonyl (C=O) groups is 2. The molecule has 1 N–H and O–H groups in total. The van der Waals surface area contributed by atoms with Crippen LogP contribution in [0, 0.1) is 17.7 Å². The average Bonchev–Trinajstić information content (AvgIpc) is 2.74. The SMILES string of the molecule is C[C@@H]1CN(C(=O)c2cc(F)ccc2Br)C[C@H]1C(=O)O. The van der Waals surface area contributed by atoms with E-state index in [9.17, 15) is 14.0 Å². The Morgan fingerprint density at radius 3 is 2.68 bits per heavy atom. The first-order valence-electron chi connectivity index (χ1n) is 5.87. The fraction of sp³-hybridized carbons (Fsp3) is 0.385. The van der Waals surface area contributed by atoms with Crippen molar-refractivity contribution < 1.29 is 19.1 Å². The van der Waals surface area contributed by atoms with Gasteiger partial charge in [0.15, 0.2) is 0 Å². The van der Waals surface area contributed by atoms with Crippen LogP contribution in [0.15, 0.2) is 22.7 Å². The number of halogens is 2. The highest BCUT2D eigenvalue weighted by Crippen LogP contribution is 2.27. The summed E-state index contributed by atoms with van der Waals surface area (Å²) in [5.74, 6) is -2.40. The molecule has 1 saturated heterocycles. The lowest BCUT2D eigenvalue weighted by Gasteiger charge is -2.16. The highest BCUT2D eigenvalue weighted by molar-refractivity contribution is 9.10. The Hall–Kier alpha value is -1.43. The molecule has 2 rings (SSSR count). The number of carboxylic acids is 1. The number of hydrogen-bond acceptors (Lipinski definition) is 2. The molecule has 0 spiro atoms. The van der Waals surface area contributed by atoms with Crippen molar-refractivity contribution in [1.29, 1.82) is 0 Å². The molecule has 0 saturated carbocycles. The predicted molar refractivity (Wildman–Crippen MR) is 70.3 cm³/mol. The first-order valence-corrected chi connectivity index (χ1v) is 6.66. The van der Waals surface area contributed by atoms with Gasteiger partial charge in [-0.1, -0.05) is 6.92 Å². The normalized spacial score (nSPS) is 22.6. The number of carbonyl (C=O) groups excluding carboxylic acids is 1. The lowest BCUT2D eigenvalue weighted by molar-refractivity contribution is -0.142. The second-order valence-electron chi connectivity index (χ2n) is 4.76. The van der Waals surface area contributed by atoms with E-state index in [0.717, 1.165) is 6.07 Å². The standard InChI is InChI=1S/C13H13BrFNO3/c1-7-5-16(6-10(7)13(18)19)12(17)9-4-8(15)2-3-11(9)14/h2-4,7,10H,5-6H2,1H3,(H,18,19)/t7-,10-/m1/s1. The summed E-state index contributed by atoms with van der Waals surface area (Å²) < 4.78 is 13.7. The number of likely N-dealkylation sites (tertiary alicyclic amines) is 1. The van der Waals surface area contributed by atoms with E-state index in [1.807, 2.05) is 0 Å². The fourth-order valence-corrected chi connectivity index (χ4v) is 2.70. The number of rotatable bonds is 2. The minimum Gasteiger partial charge on any atom is -0.481 e. The van der Waals surface area contributed by atoms with Crippen molar-refractivity contribution in [3.8, 4) is 0 Å². The van der Waals surface area contributed by atoms with Gasteiger partial charge in [-0.05, 0) is 40.0 Å². The van der Waals surface area contributed by atoms with Crippen molar-refractivity contribution in [3.05, 3.63) is 34.1 Å². The van der Waals surface area contributed by atoms with Gasteiger partial charge in [0.2, 0.25) is 0 Å². The molecule has 4 nitrogen and oxygen atoms in total. The zero-order valence-electron chi connectivity index (χ0n) is 10.3. The van der Waals surface area contributed by atoms with E-state index in [1.165, 1.54) is 17.0 Å². The Kier molecular flexibility index (Phi) is 3.89. The van der Waals surface area contributed by atoms with Crippen molar-refractivity contribution in [2.45, 2.75) is 6.92 Å². The van der Waals surface area contributed by atoms with E-state index in [-0.39, 0.29) is 23.9 Å². The summed E-state index contributed by atoms with van der Waals surface area (Å²) in [6.07, 6.45) is 0. The van der Waals surface area contributed by atoms with Gasteiger partial charge in [0.1, 0.15) is 5.82 Å². The van der Waals surface area contributed by atoms with Crippen LogP contribution in [-0.2, 0) is 4.79 Å². The quantitative estimate of drug-likeness (QED) is 0.906. The maximum absolute atomic E-state index is 13.2. The van der Waals surface area contributed by atoms with Crippen LogP contribution in [0.2, 0.25) is 0 Å². The zero-order chi connectivity index (χ0) is 14.2. The largest absolute Gasteiger partial charge is 0.481 e. The van der Waals surface area contributed by atoms with Crippen molar-refractivity contribution >= 4 is 27.8 Å². The summed E-state index contributed by atoms with van der Waals surface area (Å²) in [7, 11) is 0. The maximum atomic E-state index is 13.2. The zero-order valence-corrected chi connectivity index (χ0v) is 11.9. The summed E-state index contributed by atoms with van der Waals surface area (Å²) >= 11 is 3.21. The van der Waals surface area contributed by atoms with Gasteiger partial charge >= 0.3 is 5.97 Å². The van der Waals surface area contributed by atoms with E-state index in [2.05, 4.69) is 15.9 Å². The van der Waals surface area contributed by atoms with Crippen LogP contribution in [0.4, 0.5) is 4.39 Å². The second-order valence-corrected chi connectivity index (χ2v) is 5.61. The number of amides is 1. The Labute approximate surface area is 118 Å². The Balaban J connectivity index is 2.22. The van der Waals surface area contributed by atoms with Gasteiger partial charge in [-0.3, -0.25) is 9.59 Å². The minimum atomic E-state index is -0.902. The van der Waals surface area contributed by atoms with Crippen molar-refractivity contribution in [2.24, 2.45) is 11.8 Å². The summed E-state index contributed by atoms with van der Waals surface area (Å²) in [5, 5.41) is 9.05. The molecule has 1 aromatic rings. The molecule has 19 heavy (non-hydrogen) atoms. The summed E-state index contributed by atoms with van der Waals surface area (Å²) in [4.78, 5) is 24.8. The summed E-state index contributed by atoms with van der Waals surface area (Å²) in [6, 6.07) is 3.88. The molecule has 102 valence electrons. The second kappa shape index (κ2) is 5.28. The number of carboxylic acid groups (broad SMARTS) is 1. The molecule has 1 aliphatic rings. The highest BCUT2D eigenvalue weighted by Gasteiger charge is 2.37.